The third kappa shape index (κ3) is 4.62. The van der Waals surface area contributed by atoms with E-state index in [-0.39, 0.29) is 17.9 Å². The van der Waals surface area contributed by atoms with Crippen molar-refractivity contribution >= 4 is 33.4 Å². The summed E-state index contributed by atoms with van der Waals surface area (Å²) in [7, 11) is 3.98. The van der Waals surface area contributed by atoms with E-state index in [1.165, 1.54) is 5.56 Å². The number of carbonyl (C=O) groups excluding carboxylic acids is 2. The molecule has 0 spiro atoms. The van der Waals surface area contributed by atoms with Crippen molar-refractivity contribution in [2.45, 2.75) is 19.4 Å². The minimum Gasteiger partial charge on any atom is -0.353 e. The second kappa shape index (κ2) is 8.88. The number of nitrogens with zero attached hydrogens (tertiary/aromatic N) is 2. The predicted molar refractivity (Wildman–Crippen MR) is 115 cm³/mol. The highest BCUT2D eigenvalue weighted by Gasteiger charge is 2.37. The SMILES string of the molecule is Cc1ccc(C(CNC(=O)C2CCN(c3cccc(Br)c3)C2=O)N(C)C)cc1. The lowest BCUT2D eigenvalue weighted by atomic mass is 10.0. The van der Waals surface area contributed by atoms with Crippen LogP contribution in [0.25, 0.3) is 0 Å². The molecule has 0 aliphatic carbocycles. The number of nitrogens with one attached hydrogen (secondary N) is 1. The Kier molecular flexibility index (Phi) is 6.52. The zero-order chi connectivity index (χ0) is 20.3. The van der Waals surface area contributed by atoms with Crippen molar-refractivity contribution in [3.63, 3.8) is 0 Å². The topological polar surface area (TPSA) is 52.7 Å². The minimum absolute atomic E-state index is 0.0576. The molecule has 2 aromatic rings. The lowest BCUT2D eigenvalue weighted by Gasteiger charge is -2.26. The monoisotopic (exact) mass is 443 g/mol. The van der Waals surface area contributed by atoms with Gasteiger partial charge in [0.1, 0.15) is 5.92 Å². The molecule has 2 amide bonds. The van der Waals surface area contributed by atoms with Gasteiger partial charge < -0.3 is 15.1 Å². The third-order valence-corrected chi connectivity index (χ3v) is 5.69. The van der Waals surface area contributed by atoms with Crippen LogP contribution in [-0.4, -0.2) is 43.9 Å². The molecule has 1 saturated heterocycles. The molecule has 148 valence electrons. The Morgan fingerprint density at radius 1 is 1.25 bits per heavy atom. The predicted octanol–water partition coefficient (Wildman–Crippen LogP) is 3.53. The number of halogens is 1. The largest absolute Gasteiger partial charge is 0.353 e. The van der Waals surface area contributed by atoms with Gasteiger partial charge in [-0.2, -0.15) is 0 Å². The Bertz CT molecular complexity index is 851. The van der Waals surface area contributed by atoms with Crippen LogP contribution in [0.4, 0.5) is 5.69 Å². The summed E-state index contributed by atoms with van der Waals surface area (Å²) in [6, 6.07) is 16.0. The zero-order valence-electron chi connectivity index (χ0n) is 16.5. The van der Waals surface area contributed by atoms with Crippen LogP contribution in [0.3, 0.4) is 0 Å². The number of anilines is 1. The number of hydrogen-bond acceptors (Lipinski definition) is 3. The van der Waals surface area contributed by atoms with Gasteiger partial charge in [-0.15, -0.1) is 0 Å². The smallest absolute Gasteiger partial charge is 0.239 e. The maximum atomic E-state index is 12.8. The second-order valence-electron chi connectivity index (χ2n) is 7.45. The fourth-order valence-corrected chi connectivity index (χ4v) is 3.92. The van der Waals surface area contributed by atoms with E-state index in [2.05, 4.69) is 57.3 Å². The van der Waals surface area contributed by atoms with Crippen LogP contribution in [0.15, 0.2) is 53.0 Å². The van der Waals surface area contributed by atoms with Crippen molar-refractivity contribution < 1.29 is 9.59 Å². The van der Waals surface area contributed by atoms with Gasteiger partial charge >= 0.3 is 0 Å². The zero-order valence-corrected chi connectivity index (χ0v) is 18.1. The van der Waals surface area contributed by atoms with Gasteiger partial charge in [0.25, 0.3) is 0 Å². The first-order chi connectivity index (χ1) is 13.4. The average molecular weight is 444 g/mol. The Morgan fingerprint density at radius 3 is 2.61 bits per heavy atom. The van der Waals surface area contributed by atoms with Gasteiger partial charge in [-0.1, -0.05) is 51.8 Å². The van der Waals surface area contributed by atoms with Crippen molar-refractivity contribution in [1.82, 2.24) is 10.2 Å². The Hall–Kier alpha value is -2.18. The molecule has 3 rings (SSSR count). The maximum absolute atomic E-state index is 12.8. The van der Waals surface area contributed by atoms with Crippen molar-refractivity contribution in [3.8, 4) is 0 Å². The second-order valence-corrected chi connectivity index (χ2v) is 8.36. The van der Waals surface area contributed by atoms with Crippen molar-refractivity contribution in [2.24, 2.45) is 5.92 Å². The van der Waals surface area contributed by atoms with Gasteiger partial charge in [0.15, 0.2) is 0 Å². The van der Waals surface area contributed by atoms with E-state index in [1.807, 2.05) is 38.4 Å². The number of carbonyl (C=O) groups is 2. The van der Waals surface area contributed by atoms with E-state index in [0.29, 0.717) is 19.5 Å². The van der Waals surface area contributed by atoms with E-state index < -0.39 is 5.92 Å². The molecule has 1 N–H and O–H groups in total. The van der Waals surface area contributed by atoms with Gasteiger partial charge in [0.05, 0.1) is 6.04 Å². The van der Waals surface area contributed by atoms with Crippen molar-refractivity contribution in [2.75, 3.05) is 32.1 Å². The van der Waals surface area contributed by atoms with E-state index in [0.717, 1.165) is 15.7 Å². The van der Waals surface area contributed by atoms with Crippen LogP contribution in [-0.2, 0) is 9.59 Å². The minimum atomic E-state index is -0.625. The molecule has 2 atom stereocenters. The molecule has 0 saturated carbocycles. The number of hydrogen-bond donors (Lipinski definition) is 1. The summed E-state index contributed by atoms with van der Waals surface area (Å²) >= 11 is 3.43. The van der Waals surface area contributed by atoms with Crippen LogP contribution in [0.1, 0.15) is 23.6 Å². The molecule has 6 heteroatoms. The third-order valence-electron chi connectivity index (χ3n) is 5.20. The van der Waals surface area contributed by atoms with E-state index in [9.17, 15) is 9.59 Å². The fraction of sp³-hybridized carbons (Fsp3) is 0.364. The first kappa shape index (κ1) is 20.6. The molecule has 0 radical (unpaired) electrons. The van der Waals surface area contributed by atoms with Gasteiger partial charge in [-0.25, -0.2) is 0 Å². The summed E-state index contributed by atoms with van der Waals surface area (Å²) in [4.78, 5) is 29.3. The van der Waals surface area contributed by atoms with Gasteiger partial charge in [-0.05, 0) is 51.2 Å². The van der Waals surface area contributed by atoms with Crippen LogP contribution in [0.5, 0.6) is 0 Å². The summed E-state index contributed by atoms with van der Waals surface area (Å²) in [5, 5.41) is 3.00. The molecule has 5 nitrogen and oxygen atoms in total. The summed E-state index contributed by atoms with van der Waals surface area (Å²) < 4.78 is 0.914. The normalized spacial score (nSPS) is 17.8. The Labute approximate surface area is 174 Å². The molecule has 1 fully saturated rings. The summed E-state index contributed by atoms with van der Waals surface area (Å²) in [6.07, 6.45) is 0.536. The Balaban J connectivity index is 1.64. The lowest BCUT2D eigenvalue weighted by Crippen LogP contribution is -2.40. The molecule has 28 heavy (non-hydrogen) atoms. The molecule has 1 heterocycles. The van der Waals surface area contributed by atoms with E-state index in [1.54, 1.807) is 4.90 Å². The molecular formula is C22H26BrN3O2. The lowest BCUT2D eigenvalue weighted by molar-refractivity contribution is -0.132. The average Bonchev–Trinajstić information content (AvgIpc) is 3.04. The Morgan fingerprint density at radius 2 is 1.96 bits per heavy atom. The first-order valence-corrected chi connectivity index (χ1v) is 10.2. The molecule has 1 aliphatic heterocycles. The molecular weight excluding hydrogens is 418 g/mol. The van der Waals surface area contributed by atoms with Crippen LogP contribution < -0.4 is 10.2 Å². The summed E-state index contributed by atoms with van der Waals surface area (Å²) in [6.45, 7) is 3.08. The summed E-state index contributed by atoms with van der Waals surface area (Å²) in [5.74, 6) is -0.950. The highest BCUT2D eigenvalue weighted by Crippen LogP contribution is 2.27. The quantitative estimate of drug-likeness (QED) is 0.694. The fourth-order valence-electron chi connectivity index (χ4n) is 3.53. The van der Waals surface area contributed by atoms with Gasteiger partial charge in [-0.3, -0.25) is 9.59 Å². The molecule has 0 bridgehead atoms. The van der Waals surface area contributed by atoms with Gasteiger partial charge in [0, 0.05) is 23.2 Å². The molecule has 2 unspecified atom stereocenters. The van der Waals surface area contributed by atoms with Crippen LogP contribution in [0, 0.1) is 12.8 Å². The first-order valence-electron chi connectivity index (χ1n) is 9.44. The number of amides is 2. The van der Waals surface area contributed by atoms with Crippen molar-refractivity contribution in [1.29, 1.82) is 0 Å². The number of benzene rings is 2. The number of rotatable bonds is 6. The number of likely N-dealkylation sites (N-methyl/N-ethyl adjacent to an activating group) is 1. The number of aryl methyl sites for hydroxylation is 1. The van der Waals surface area contributed by atoms with Crippen LogP contribution >= 0.6 is 15.9 Å². The van der Waals surface area contributed by atoms with Gasteiger partial charge in [0.2, 0.25) is 11.8 Å². The molecule has 1 aliphatic rings. The highest BCUT2D eigenvalue weighted by atomic mass is 79.9. The van der Waals surface area contributed by atoms with Crippen molar-refractivity contribution in [3.05, 3.63) is 64.1 Å². The maximum Gasteiger partial charge on any atom is 0.239 e. The summed E-state index contributed by atoms with van der Waals surface area (Å²) in [5.41, 5.74) is 3.17. The van der Waals surface area contributed by atoms with Crippen LogP contribution in [0.2, 0.25) is 0 Å². The van der Waals surface area contributed by atoms with E-state index >= 15 is 0 Å². The standard InChI is InChI=1S/C22H26BrN3O2/c1-15-7-9-16(10-8-15)20(25(2)3)14-24-21(27)19-11-12-26(22(19)28)18-6-4-5-17(23)13-18/h4-10,13,19-20H,11-12,14H2,1-3H3,(H,24,27). The highest BCUT2D eigenvalue weighted by molar-refractivity contribution is 9.10. The molecule has 0 aromatic heterocycles. The molecule has 2 aromatic carbocycles. The van der Waals surface area contributed by atoms with E-state index in [4.69, 9.17) is 0 Å².